The predicted molar refractivity (Wildman–Crippen MR) is 87.6 cm³/mol. The topological polar surface area (TPSA) is 55.1 Å². The van der Waals surface area contributed by atoms with Gasteiger partial charge in [-0.25, -0.2) is 0 Å². The quantitative estimate of drug-likeness (QED) is 0.878. The molecule has 1 fully saturated rings. The van der Waals surface area contributed by atoms with Crippen LogP contribution in [0.4, 0.5) is 0 Å². The molecule has 0 aromatic heterocycles. The van der Waals surface area contributed by atoms with Crippen molar-refractivity contribution in [2.75, 3.05) is 6.54 Å². The number of nitrogens with two attached hydrogens (primary N) is 1. The summed E-state index contributed by atoms with van der Waals surface area (Å²) in [5, 5.41) is 3.07. The van der Waals surface area contributed by atoms with Crippen molar-refractivity contribution in [3.63, 3.8) is 0 Å². The molecule has 1 aromatic carbocycles. The van der Waals surface area contributed by atoms with E-state index in [0.717, 1.165) is 25.3 Å². The number of rotatable bonds is 5. The molecule has 4 heteroatoms. The summed E-state index contributed by atoms with van der Waals surface area (Å²) in [4.78, 5) is 12.1. The second-order valence-electron chi connectivity index (χ2n) is 6.63. The third-order valence-corrected chi connectivity index (χ3v) is 4.99. The van der Waals surface area contributed by atoms with Gasteiger partial charge < -0.3 is 11.1 Å². The minimum absolute atomic E-state index is 0. The molecule has 116 valence electrons. The van der Waals surface area contributed by atoms with Crippen LogP contribution in [0.5, 0.6) is 0 Å². The van der Waals surface area contributed by atoms with Crippen LogP contribution in [0.3, 0.4) is 0 Å². The highest BCUT2D eigenvalue weighted by molar-refractivity contribution is 5.85. The fourth-order valence-electron chi connectivity index (χ4n) is 3.81. The molecule has 0 bridgehead atoms. The van der Waals surface area contributed by atoms with Gasteiger partial charge in [0.25, 0.3) is 0 Å². The Hall–Kier alpha value is -1.06. The Morgan fingerprint density at radius 2 is 2.14 bits per heavy atom. The molecular weight excluding hydrogens is 284 g/mol. The Bertz CT molecular complexity index is 529. The Balaban J connectivity index is 0.00000161. The van der Waals surface area contributed by atoms with Crippen LogP contribution in [0.25, 0.3) is 0 Å². The molecule has 0 aliphatic heterocycles. The van der Waals surface area contributed by atoms with E-state index in [1.54, 1.807) is 0 Å². The molecular formula is C17H25ClN2O. The van der Waals surface area contributed by atoms with Crippen LogP contribution in [0.15, 0.2) is 24.3 Å². The highest BCUT2D eigenvalue weighted by Crippen LogP contribution is 2.60. The Morgan fingerprint density at radius 3 is 2.86 bits per heavy atom. The van der Waals surface area contributed by atoms with E-state index < -0.39 is 5.54 Å². The van der Waals surface area contributed by atoms with Gasteiger partial charge in [-0.2, -0.15) is 0 Å². The number of amides is 1. The molecule has 0 heterocycles. The fraction of sp³-hybridized carbons (Fsp3) is 0.588. The smallest absolute Gasteiger partial charge is 0.239 e. The Kier molecular flexibility index (Phi) is 4.64. The highest BCUT2D eigenvalue weighted by atomic mass is 35.5. The van der Waals surface area contributed by atoms with Crippen LogP contribution < -0.4 is 11.1 Å². The molecule has 4 atom stereocenters. The molecule has 0 saturated heterocycles. The first-order valence-corrected chi connectivity index (χ1v) is 7.69. The first-order valence-electron chi connectivity index (χ1n) is 7.69. The van der Waals surface area contributed by atoms with Crippen LogP contribution in [0, 0.1) is 11.8 Å². The summed E-state index contributed by atoms with van der Waals surface area (Å²) in [7, 11) is 0. The zero-order valence-corrected chi connectivity index (χ0v) is 13.6. The van der Waals surface area contributed by atoms with Crippen molar-refractivity contribution in [2.24, 2.45) is 17.6 Å². The molecule has 2 aliphatic rings. The average molecular weight is 309 g/mol. The van der Waals surface area contributed by atoms with Gasteiger partial charge >= 0.3 is 0 Å². The molecule has 21 heavy (non-hydrogen) atoms. The highest BCUT2D eigenvalue weighted by Gasteiger charge is 2.55. The summed E-state index contributed by atoms with van der Waals surface area (Å²) in [6, 6.07) is 8.71. The molecule has 2 aliphatic carbocycles. The van der Waals surface area contributed by atoms with Crippen molar-refractivity contribution in [1.29, 1.82) is 0 Å². The lowest BCUT2D eigenvalue weighted by molar-refractivity contribution is -0.126. The lowest BCUT2D eigenvalue weighted by Crippen LogP contribution is -2.52. The third-order valence-electron chi connectivity index (χ3n) is 4.99. The second-order valence-corrected chi connectivity index (χ2v) is 6.63. The number of hydrogen-bond acceptors (Lipinski definition) is 2. The van der Waals surface area contributed by atoms with Gasteiger partial charge in [-0.1, -0.05) is 37.6 Å². The van der Waals surface area contributed by atoms with Gasteiger partial charge in [0, 0.05) is 6.54 Å². The van der Waals surface area contributed by atoms with Gasteiger partial charge in [0.1, 0.15) is 0 Å². The average Bonchev–Trinajstić information content (AvgIpc) is 2.94. The normalized spacial score (nSPS) is 27.9. The summed E-state index contributed by atoms with van der Waals surface area (Å²) < 4.78 is 0. The van der Waals surface area contributed by atoms with Crippen LogP contribution in [-0.4, -0.2) is 18.0 Å². The van der Waals surface area contributed by atoms with Crippen molar-refractivity contribution < 1.29 is 4.79 Å². The fourth-order valence-corrected chi connectivity index (χ4v) is 3.81. The van der Waals surface area contributed by atoms with Gasteiger partial charge in [0.2, 0.25) is 5.91 Å². The van der Waals surface area contributed by atoms with Crippen LogP contribution in [0.1, 0.15) is 43.7 Å². The first kappa shape index (κ1) is 16.3. The molecule has 1 aromatic rings. The summed E-state index contributed by atoms with van der Waals surface area (Å²) >= 11 is 0. The lowest BCUT2D eigenvalue weighted by atomic mass is 9.96. The number of benzene rings is 1. The molecule has 3 nitrogen and oxygen atoms in total. The molecule has 0 spiro atoms. The summed E-state index contributed by atoms with van der Waals surface area (Å²) in [6.07, 6.45) is 2.85. The largest absolute Gasteiger partial charge is 0.354 e. The van der Waals surface area contributed by atoms with Crippen molar-refractivity contribution >= 4 is 18.3 Å². The SMILES string of the molecule is CCCC(C)(N)C(=O)NCC1C2Cc3ccccc3C12.Cl. The van der Waals surface area contributed by atoms with E-state index in [0.29, 0.717) is 11.8 Å². The van der Waals surface area contributed by atoms with E-state index in [2.05, 4.69) is 36.5 Å². The number of nitrogens with one attached hydrogen (secondary N) is 1. The minimum Gasteiger partial charge on any atom is -0.354 e. The van der Waals surface area contributed by atoms with Gasteiger partial charge in [-0.3, -0.25) is 4.79 Å². The summed E-state index contributed by atoms with van der Waals surface area (Å²) in [6.45, 7) is 4.66. The van der Waals surface area contributed by atoms with E-state index in [1.807, 2.05) is 6.92 Å². The van der Waals surface area contributed by atoms with Crippen LogP contribution in [0.2, 0.25) is 0 Å². The summed E-state index contributed by atoms with van der Waals surface area (Å²) in [5.74, 6) is 2.02. The van der Waals surface area contributed by atoms with Gasteiger partial charge in [-0.15, -0.1) is 12.4 Å². The monoisotopic (exact) mass is 308 g/mol. The second kappa shape index (κ2) is 5.98. The lowest BCUT2D eigenvalue weighted by Gasteiger charge is -2.23. The molecule has 1 saturated carbocycles. The zero-order valence-electron chi connectivity index (χ0n) is 12.8. The molecule has 3 N–H and O–H groups in total. The Morgan fingerprint density at radius 1 is 1.43 bits per heavy atom. The van der Waals surface area contributed by atoms with Gasteiger partial charge in [0.15, 0.2) is 0 Å². The zero-order chi connectivity index (χ0) is 14.3. The number of halogens is 1. The molecule has 0 radical (unpaired) electrons. The van der Waals surface area contributed by atoms with E-state index in [4.69, 9.17) is 5.73 Å². The van der Waals surface area contributed by atoms with Crippen LogP contribution in [-0.2, 0) is 11.2 Å². The molecule has 4 unspecified atom stereocenters. The standard InChI is InChI=1S/C17H24N2O.ClH/c1-3-8-17(2,18)16(20)19-10-14-13-9-11-6-4-5-7-12(11)15(13)14;/h4-7,13-15H,3,8-10,18H2,1-2H3,(H,19,20);1H. The van der Waals surface area contributed by atoms with Gasteiger partial charge in [-0.05, 0) is 48.6 Å². The third kappa shape index (κ3) is 2.95. The van der Waals surface area contributed by atoms with Crippen molar-refractivity contribution in [1.82, 2.24) is 5.32 Å². The maximum Gasteiger partial charge on any atom is 0.239 e. The number of hydrogen-bond donors (Lipinski definition) is 2. The van der Waals surface area contributed by atoms with E-state index >= 15 is 0 Å². The minimum atomic E-state index is -0.726. The van der Waals surface area contributed by atoms with E-state index in [-0.39, 0.29) is 18.3 Å². The predicted octanol–water partition coefficient (Wildman–Crippen LogP) is 2.63. The van der Waals surface area contributed by atoms with Crippen molar-refractivity contribution in [3.05, 3.63) is 35.4 Å². The maximum absolute atomic E-state index is 12.1. The van der Waals surface area contributed by atoms with Gasteiger partial charge in [0.05, 0.1) is 5.54 Å². The Labute approximate surface area is 133 Å². The van der Waals surface area contributed by atoms with E-state index in [9.17, 15) is 4.79 Å². The number of carbonyl (C=O) groups is 1. The van der Waals surface area contributed by atoms with E-state index in [1.165, 1.54) is 17.5 Å². The summed E-state index contributed by atoms with van der Waals surface area (Å²) in [5.41, 5.74) is 8.33. The van der Waals surface area contributed by atoms with Crippen LogP contribution >= 0.6 is 12.4 Å². The molecule has 1 amide bonds. The van der Waals surface area contributed by atoms with Crippen molar-refractivity contribution in [3.8, 4) is 0 Å². The number of carbonyl (C=O) groups excluding carboxylic acids is 1. The maximum atomic E-state index is 12.1. The molecule has 3 rings (SSSR count). The van der Waals surface area contributed by atoms with Crippen molar-refractivity contribution in [2.45, 2.75) is 44.6 Å². The number of fused-ring (bicyclic) bond motifs is 3. The first-order chi connectivity index (χ1) is 9.54.